The van der Waals surface area contributed by atoms with E-state index in [4.69, 9.17) is 5.73 Å². The monoisotopic (exact) mass is 365 g/mol. The maximum atomic E-state index is 11.3. The molecule has 0 aliphatic carbocycles. The molecule has 2 N–H and O–H groups in total. The van der Waals surface area contributed by atoms with Crippen molar-refractivity contribution in [1.82, 2.24) is 0 Å². The number of aryl methyl sites for hydroxylation is 1. The molecular weight excluding hydrogens is 338 g/mol. The first kappa shape index (κ1) is 19.0. The zero-order valence-electron chi connectivity index (χ0n) is 13.6. The van der Waals surface area contributed by atoms with Crippen molar-refractivity contribution in [3.05, 3.63) is 48.0 Å². The fourth-order valence-corrected chi connectivity index (χ4v) is 3.10. The zero-order valence-corrected chi connectivity index (χ0v) is 15.1. The quantitative estimate of drug-likeness (QED) is 0.334. The number of hydrogen-bond acceptors (Lipinski definition) is 1. The number of carbonyl (C=O) groups is 1. The normalized spacial score (nSPS) is 13.5. The lowest BCUT2D eigenvalue weighted by molar-refractivity contribution is -0.117. The van der Waals surface area contributed by atoms with E-state index in [1.165, 1.54) is 30.4 Å². The van der Waals surface area contributed by atoms with Crippen LogP contribution in [0.5, 0.6) is 0 Å². The molecular formula is C19H28BrNO. The molecule has 1 aromatic carbocycles. The molecule has 1 aromatic rings. The second kappa shape index (κ2) is 10.6. The van der Waals surface area contributed by atoms with Gasteiger partial charge in [0.15, 0.2) is 0 Å². The Morgan fingerprint density at radius 2 is 1.95 bits per heavy atom. The number of hydrogen-bond donors (Lipinski definition) is 1. The molecule has 2 nitrogen and oxygen atoms in total. The van der Waals surface area contributed by atoms with Crippen LogP contribution >= 0.6 is 15.9 Å². The summed E-state index contributed by atoms with van der Waals surface area (Å²) in [5.74, 6) is 0.0866. The molecule has 2 atom stereocenters. The number of amides is 1. The Hall–Kier alpha value is -1.09. The Morgan fingerprint density at radius 3 is 2.55 bits per heavy atom. The van der Waals surface area contributed by atoms with Gasteiger partial charge in [0.25, 0.3) is 0 Å². The highest BCUT2D eigenvalue weighted by Crippen LogP contribution is 2.28. The number of allylic oxidation sites excluding steroid dienone is 1. The lowest BCUT2D eigenvalue weighted by Crippen LogP contribution is -2.26. The Bertz CT molecular complexity index is 458. The summed E-state index contributed by atoms with van der Waals surface area (Å²) < 4.78 is 0. The minimum absolute atomic E-state index is 0.257. The lowest BCUT2D eigenvalue weighted by atomic mass is 9.86. The van der Waals surface area contributed by atoms with E-state index in [9.17, 15) is 4.79 Å². The van der Waals surface area contributed by atoms with Crippen molar-refractivity contribution in [1.29, 1.82) is 0 Å². The van der Waals surface area contributed by atoms with E-state index in [0.29, 0.717) is 5.92 Å². The molecule has 0 saturated heterocycles. The average molecular weight is 366 g/mol. The SMILES string of the molecule is C=C(CCc1ccccc1)C(CCCCC)CC(Br)C(N)=O. The van der Waals surface area contributed by atoms with Crippen molar-refractivity contribution in [2.24, 2.45) is 11.7 Å². The fraction of sp³-hybridized carbons (Fsp3) is 0.526. The van der Waals surface area contributed by atoms with Crippen LogP contribution < -0.4 is 5.73 Å². The summed E-state index contributed by atoms with van der Waals surface area (Å²) in [6.07, 6.45) is 7.45. The van der Waals surface area contributed by atoms with Gasteiger partial charge in [-0.25, -0.2) is 0 Å². The van der Waals surface area contributed by atoms with Gasteiger partial charge in [-0.2, -0.15) is 0 Å². The summed E-state index contributed by atoms with van der Waals surface area (Å²) in [5, 5.41) is 0. The molecule has 0 bridgehead atoms. The van der Waals surface area contributed by atoms with Crippen LogP contribution in [-0.4, -0.2) is 10.7 Å². The van der Waals surface area contributed by atoms with Gasteiger partial charge in [-0.05, 0) is 37.2 Å². The first-order valence-electron chi connectivity index (χ1n) is 8.19. The fourth-order valence-electron chi connectivity index (χ4n) is 2.65. The van der Waals surface area contributed by atoms with E-state index in [1.807, 2.05) is 6.07 Å². The van der Waals surface area contributed by atoms with E-state index in [0.717, 1.165) is 25.7 Å². The molecule has 1 rings (SSSR count). The smallest absolute Gasteiger partial charge is 0.231 e. The number of unbranched alkanes of at least 4 members (excludes halogenated alkanes) is 2. The van der Waals surface area contributed by atoms with Crippen molar-refractivity contribution < 1.29 is 4.79 Å². The lowest BCUT2D eigenvalue weighted by Gasteiger charge is -2.21. The number of nitrogens with two attached hydrogens (primary N) is 1. The minimum atomic E-state index is -0.281. The van der Waals surface area contributed by atoms with Crippen LogP contribution in [0.2, 0.25) is 0 Å². The second-order valence-corrected chi connectivity index (χ2v) is 7.05. The number of primary amides is 1. The molecule has 0 heterocycles. The van der Waals surface area contributed by atoms with Gasteiger partial charge in [-0.3, -0.25) is 4.79 Å². The predicted octanol–water partition coefficient (Wildman–Crippen LogP) is 5.01. The summed E-state index contributed by atoms with van der Waals surface area (Å²) in [4.78, 5) is 11.1. The van der Waals surface area contributed by atoms with Crippen molar-refractivity contribution in [3.8, 4) is 0 Å². The van der Waals surface area contributed by atoms with E-state index < -0.39 is 0 Å². The molecule has 0 radical (unpaired) electrons. The summed E-state index contributed by atoms with van der Waals surface area (Å²) >= 11 is 3.40. The predicted molar refractivity (Wildman–Crippen MR) is 98.1 cm³/mol. The number of rotatable bonds is 11. The number of benzene rings is 1. The van der Waals surface area contributed by atoms with Crippen LogP contribution in [0.3, 0.4) is 0 Å². The van der Waals surface area contributed by atoms with Gasteiger partial charge >= 0.3 is 0 Å². The number of carbonyl (C=O) groups excluding carboxylic acids is 1. The first-order chi connectivity index (χ1) is 10.5. The maximum Gasteiger partial charge on any atom is 0.231 e. The zero-order chi connectivity index (χ0) is 16.4. The Kier molecular flexibility index (Phi) is 9.14. The van der Waals surface area contributed by atoms with Gasteiger partial charge in [0, 0.05) is 0 Å². The third-order valence-electron chi connectivity index (χ3n) is 4.11. The highest BCUT2D eigenvalue weighted by molar-refractivity contribution is 9.10. The van der Waals surface area contributed by atoms with Gasteiger partial charge < -0.3 is 5.73 Å². The standard InChI is InChI=1S/C19H28BrNO/c1-3-4-6-11-17(14-18(20)19(21)22)15(2)12-13-16-9-7-5-8-10-16/h5,7-10,17-18H,2-4,6,11-14H2,1H3,(H2,21,22). The van der Waals surface area contributed by atoms with Crippen LogP contribution in [0.15, 0.2) is 42.5 Å². The summed E-state index contributed by atoms with van der Waals surface area (Å²) in [6.45, 7) is 6.49. The summed E-state index contributed by atoms with van der Waals surface area (Å²) in [5.41, 5.74) is 7.96. The highest BCUT2D eigenvalue weighted by Gasteiger charge is 2.20. The molecule has 0 fully saturated rings. The van der Waals surface area contributed by atoms with Gasteiger partial charge in [-0.15, -0.1) is 0 Å². The van der Waals surface area contributed by atoms with E-state index >= 15 is 0 Å². The van der Waals surface area contributed by atoms with Crippen LogP contribution in [0.4, 0.5) is 0 Å². The molecule has 0 saturated carbocycles. The van der Waals surface area contributed by atoms with Crippen LogP contribution in [0, 0.1) is 5.92 Å². The second-order valence-electron chi connectivity index (χ2n) is 5.94. The molecule has 0 aromatic heterocycles. The topological polar surface area (TPSA) is 43.1 Å². The molecule has 122 valence electrons. The highest BCUT2D eigenvalue weighted by atomic mass is 79.9. The van der Waals surface area contributed by atoms with Crippen molar-refractivity contribution in [2.45, 2.75) is 56.7 Å². The molecule has 3 heteroatoms. The first-order valence-corrected chi connectivity index (χ1v) is 9.11. The molecule has 1 amide bonds. The van der Waals surface area contributed by atoms with Gasteiger partial charge in [0.1, 0.15) is 0 Å². The Labute approximate surface area is 143 Å². The molecule has 22 heavy (non-hydrogen) atoms. The van der Waals surface area contributed by atoms with E-state index in [-0.39, 0.29) is 10.7 Å². The number of halogens is 1. The molecule has 0 aliphatic heterocycles. The Balaban J connectivity index is 2.55. The molecule has 0 spiro atoms. The van der Waals surface area contributed by atoms with Gasteiger partial charge in [0.05, 0.1) is 4.83 Å². The largest absolute Gasteiger partial charge is 0.369 e. The molecule has 0 aliphatic rings. The van der Waals surface area contributed by atoms with Crippen molar-refractivity contribution in [3.63, 3.8) is 0 Å². The van der Waals surface area contributed by atoms with Crippen LogP contribution in [0.1, 0.15) is 51.0 Å². The maximum absolute atomic E-state index is 11.3. The van der Waals surface area contributed by atoms with Crippen LogP contribution in [0.25, 0.3) is 0 Å². The average Bonchev–Trinajstić information content (AvgIpc) is 2.52. The minimum Gasteiger partial charge on any atom is -0.369 e. The Morgan fingerprint density at radius 1 is 1.27 bits per heavy atom. The van der Waals surface area contributed by atoms with E-state index in [2.05, 4.69) is 53.7 Å². The van der Waals surface area contributed by atoms with Gasteiger partial charge in [-0.1, -0.05) is 84.6 Å². The van der Waals surface area contributed by atoms with Crippen molar-refractivity contribution >= 4 is 21.8 Å². The third-order valence-corrected chi connectivity index (χ3v) is 4.94. The van der Waals surface area contributed by atoms with Gasteiger partial charge in [0.2, 0.25) is 5.91 Å². The third kappa shape index (κ3) is 7.26. The van der Waals surface area contributed by atoms with E-state index in [1.54, 1.807) is 0 Å². The summed E-state index contributed by atoms with van der Waals surface area (Å²) in [7, 11) is 0. The van der Waals surface area contributed by atoms with Crippen molar-refractivity contribution in [2.75, 3.05) is 0 Å². The summed E-state index contributed by atoms with van der Waals surface area (Å²) in [6, 6.07) is 10.5. The molecule has 2 unspecified atom stereocenters. The van der Waals surface area contributed by atoms with Crippen LogP contribution in [-0.2, 0) is 11.2 Å². The number of alkyl halides is 1.